The summed E-state index contributed by atoms with van der Waals surface area (Å²) in [6, 6.07) is 19.1. The number of ether oxygens (including phenoxy) is 1. The highest BCUT2D eigenvalue weighted by molar-refractivity contribution is 7.99. The highest BCUT2D eigenvalue weighted by Crippen LogP contribution is 2.22. The van der Waals surface area contributed by atoms with Gasteiger partial charge in [-0.05, 0) is 48.0 Å². The highest BCUT2D eigenvalue weighted by Gasteiger charge is 2.19. The fourth-order valence-corrected chi connectivity index (χ4v) is 4.15. The number of nitrogens with one attached hydrogen (secondary N) is 1. The number of thioether (sulfide) groups is 1. The molecule has 0 spiro atoms. The second kappa shape index (κ2) is 9.82. The molecule has 8 heteroatoms. The van der Waals surface area contributed by atoms with Gasteiger partial charge in [-0.2, -0.15) is 0 Å². The molecule has 4 aromatic rings. The lowest BCUT2D eigenvalue weighted by atomic mass is 10.0. The normalized spacial score (nSPS) is 12.0. The van der Waals surface area contributed by atoms with Crippen LogP contribution in [-0.4, -0.2) is 33.0 Å². The molecular weight excluding hydrogens is 427 g/mol. The second-order valence-corrected chi connectivity index (χ2v) is 8.33. The zero-order chi connectivity index (χ0) is 22.5. The quantitative estimate of drug-likeness (QED) is 0.309. The van der Waals surface area contributed by atoms with E-state index in [-0.39, 0.29) is 17.8 Å². The van der Waals surface area contributed by atoms with Crippen LogP contribution in [-0.2, 0) is 7.05 Å². The first kappa shape index (κ1) is 21.8. The van der Waals surface area contributed by atoms with Crippen LogP contribution in [0.4, 0.5) is 4.39 Å². The fourth-order valence-electron chi connectivity index (χ4n) is 3.41. The molecule has 1 amide bonds. The molecule has 1 N–H and O–H groups in total. The average Bonchev–Trinajstić information content (AvgIpc) is 3.17. The first-order chi connectivity index (χ1) is 15.5. The molecule has 0 saturated carbocycles. The third-order valence-electron chi connectivity index (χ3n) is 5.03. The molecular formula is C24H23FN4O2S. The predicted octanol–water partition coefficient (Wildman–Crippen LogP) is 4.77. The standard InChI is InChI=1S/C24H23FN4O2S/c1-16(26-23(30)21-9-5-7-17-6-3-4-8-20(17)21)22-27-28-24(29(22)2)32-15-14-31-19-12-10-18(25)11-13-19/h3-13,16H,14-15H2,1-2H3,(H,26,30)/t16-/m0/s1. The average molecular weight is 451 g/mol. The highest BCUT2D eigenvalue weighted by atomic mass is 32.2. The van der Waals surface area contributed by atoms with Crippen molar-refractivity contribution in [3.05, 3.63) is 83.9 Å². The SMILES string of the molecule is C[C@H](NC(=O)c1cccc2ccccc12)c1nnc(SCCOc2ccc(F)cc2)n1C. The largest absolute Gasteiger partial charge is 0.493 e. The van der Waals surface area contributed by atoms with Crippen LogP contribution in [0.1, 0.15) is 29.1 Å². The molecule has 0 radical (unpaired) electrons. The summed E-state index contributed by atoms with van der Waals surface area (Å²) < 4.78 is 20.4. The van der Waals surface area contributed by atoms with Gasteiger partial charge in [0.1, 0.15) is 11.6 Å². The van der Waals surface area contributed by atoms with Crippen molar-refractivity contribution in [3.63, 3.8) is 0 Å². The Labute approximate surface area is 189 Å². The summed E-state index contributed by atoms with van der Waals surface area (Å²) in [6.07, 6.45) is 0. The smallest absolute Gasteiger partial charge is 0.252 e. The number of fused-ring (bicyclic) bond motifs is 1. The van der Waals surface area contributed by atoms with Gasteiger partial charge in [-0.15, -0.1) is 10.2 Å². The van der Waals surface area contributed by atoms with Crippen LogP contribution in [0.25, 0.3) is 10.8 Å². The van der Waals surface area contributed by atoms with Crippen LogP contribution in [0.15, 0.2) is 71.9 Å². The molecule has 6 nitrogen and oxygen atoms in total. The third kappa shape index (κ3) is 4.91. The monoisotopic (exact) mass is 450 g/mol. The molecule has 4 rings (SSSR count). The Hall–Kier alpha value is -3.39. The number of carbonyl (C=O) groups excluding carboxylic acids is 1. The Morgan fingerprint density at radius 2 is 1.84 bits per heavy atom. The lowest BCUT2D eigenvalue weighted by Gasteiger charge is -2.14. The van der Waals surface area contributed by atoms with Crippen molar-refractivity contribution in [2.24, 2.45) is 7.05 Å². The molecule has 1 atom stereocenters. The Morgan fingerprint density at radius 3 is 2.66 bits per heavy atom. The molecule has 0 aliphatic heterocycles. The summed E-state index contributed by atoms with van der Waals surface area (Å²) in [7, 11) is 1.87. The van der Waals surface area contributed by atoms with Crippen molar-refractivity contribution in [2.45, 2.75) is 18.1 Å². The van der Waals surface area contributed by atoms with Crippen LogP contribution >= 0.6 is 11.8 Å². The minimum atomic E-state index is -0.316. The summed E-state index contributed by atoms with van der Waals surface area (Å²) in [5.41, 5.74) is 0.629. The predicted molar refractivity (Wildman–Crippen MR) is 123 cm³/mol. The molecule has 1 aromatic heterocycles. The summed E-state index contributed by atoms with van der Waals surface area (Å²) in [6.45, 7) is 2.34. The molecule has 32 heavy (non-hydrogen) atoms. The van der Waals surface area contributed by atoms with Crippen molar-refractivity contribution in [1.29, 1.82) is 0 Å². The molecule has 3 aromatic carbocycles. The van der Waals surface area contributed by atoms with Crippen molar-refractivity contribution in [3.8, 4) is 5.75 Å². The van der Waals surface area contributed by atoms with Gasteiger partial charge >= 0.3 is 0 Å². The van der Waals surface area contributed by atoms with Crippen LogP contribution in [0.3, 0.4) is 0 Å². The fraction of sp³-hybridized carbons (Fsp3) is 0.208. The number of benzene rings is 3. The number of carbonyl (C=O) groups is 1. The van der Waals surface area contributed by atoms with Crippen LogP contribution in [0, 0.1) is 5.82 Å². The Morgan fingerprint density at radius 1 is 1.09 bits per heavy atom. The molecule has 0 unspecified atom stereocenters. The zero-order valence-electron chi connectivity index (χ0n) is 17.8. The number of amides is 1. The van der Waals surface area contributed by atoms with E-state index in [0.717, 1.165) is 15.9 Å². The number of rotatable bonds is 8. The number of aromatic nitrogens is 3. The van der Waals surface area contributed by atoms with E-state index in [1.807, 2.05) is 61.0 Å². The minimum absolute atomic E-state index is 0.154. The number of nitrogens with zero attached hydrogens (tertiary/aromatic N) is 3. The molecule has 0 bridgehead atoms. The maximum atomic E-state index is 12.9. The molecule has 0 saturated heterocycles. The van der Waals surface area contributed by atoms with E-state index in [1.165, 1.54) is 23.9 Å². The Kier molecular flexibility index (Phi) is 6.70. The minimum Gasteiger partial charge on any atom is -0.493 e. The summed E-state index contributed by atoms with van der Waals surface area (Å²) in [4.78, 5) is 12.9. The zero-order valence-corrected chi connectivity index (χ0v) is 18.6. The van der Waals surface area contributed by atoms with Crippen LogP contribution in [0.5, 0.6) is 5.75 Å². The van der Waals surface area contributed by atoms with Gasteiger partial charge in [0.15, 0.2) is 11.0 Å². The lowest BCUT2D eigenvalue weighted by molar-refractivity contribution is 0.0939. The van der Waals surface area contributed by atoms with E-state index in [1.54, 1.807) is 12.1 Å². The van der Waals surface area contributed by atoms with Crippen molar-refractivity contribution in [1.82, 2.24) is 20.1 Å². The van der Waals surface area contributed by atoms with Crippen molar-refractivity contribution < 1.29 is 13.9 Å². The first-order valence-corrected chi connectivity index (χ1v) is 11.2. The first-order valence-electron chi connectivity index (χ1n) is 10.2. The lowest BCUT2D eigenvalue weighted by Crippen LogP contribution is -2.28. The van der Waals surface area contributed by atoms with Crippen LogP contribution in [0.2, 0.25) is 0 Å². The maximum Gasteiger partial charge on any atom is 0.252 e. The number of halogens is 1. The van der Waals surface area contributed by atoms with Crippen molar-refractivity contribution in [2.75, 3.05) is 12.4 Å². The number of hydrogen-bond acceptors (Lipinski definition) is 5. The van der Waals surface area contributed by atoms with Gasteiger partial charge in [0, 0.05) is 18.4 Å². The summed E-state index contributed by atoms with van der Waals surface area (Å²) in [5.74, 6) is 1.50. The molecule has 1 heterocycles. The number of hydrogen-bond donors (Lipinski definition) is 1. The van der Waals surface area contributed by atoms with Gasteiger partial charge in [-0.1, -0.05) is 48.2 Å². The molecule has 0 fully saturated rings. The van der Waals surface area contributed by atoms with Gasteiger partial charge in [0.2, 0.25) is 0 Å². The molecule has 0 aliphatic carbocycles. The Bertz CT molecular complexity index is 1220. The Balaban J connectivity index is 1.35. The molecule has 0 aliphatic rings. The summed E-state index contributed by atoms with van der Waals surface area (Å²) >= 11 is 1.50. The van der Waals surface area contributed by atoms with E-state index < -0.39 is 0 Å². The van der Waals surface area contributed by atoms with E-state index in [9.17, 15) is 9.18 Å². The second-order valence-electron chi connectivity index (χ2n) is 7.27. The van der Waals surface area contributed by atoms with Gasteiger partial charge in [-0.3, -0.25) is 4.79 Å². The summed E-state index contributed by atoms with van der Waals surface area (Å²) in [5, 5.41) is 14.2. The van der Waals surface area contributed by atoms with E-state index >= 15 is 0 Å². The van der Waals surface area contributed by atoms with E-state index in [0.29, 0.717) is 29.5 Å². The van der Waals surface area contributed by atoms with Crippen molar-refractivity contribution >= 4 is 28.4 Å². The van der Waals surface area contributed by atoms with E-state index in [2.05, 4.69) is 15.5 Å². The molecule has 164 valence electrons. The van der Waals surface area contributed by atoms with Gasteiger partial charge in [0.25, 0.3) is 5.91 Å². The van der Waals surface area contributed by atoms with E-state index in [4.69, 9.17) is 4.74 Å². The van der Waals surface area contributed by atoms with Gasteiger partial charge in [-0.25, -0.2) is 4.39 Å². The van der Waals surface area contributed by atoms with Crippen LogP contribution < -0.4 is 10.1 Å². The van der Waals surface area contributed by atoms with Gasteiger partial charge in [0.05, 0.1) is 12.6 Å². The maximum absolute atomic E-state index is 12.9. The van der Waals surface area contributed by atoms with Gasteiger partial charge < -0.3 is 14.6 Å². The third-order valence-corrected chi connectivity index (χ3v) is 6.02. The topological polar surface area (TPSA) is 69.0 Å².